The Morgan fingerprint density at radius 2 is 2.12 bits per heavy atom. The molecule has 2 rings (SSSR count). The van der Waals surface area contributed by atoms with Gasteiger partial charge in [-0.05, 0) is 6.07 Å². The molecule has 0 fully saturated rings. The van der Waals surface area contributed by atoms with Crippen LogP contribution in [-0.4, -0.2) is 14.7 Å². The van der Waals surface area contributed by atoms with Gasteiger partial charge in [0.15, 0.2) is 0 Å². The lowest BCUT2D eigenvalue weighted by Gasteiger charge is -2.06. The number of aromatic hydroxyl groups is 1. The summed E-state index contributed by atoms with van der Waals surface area (Å²) in [6, 6.07) is 7.33. The summed E-state index contributed by atoms with van der Waals surface area (Å²) in [5.41, 5.74) is 0.900. The van der Waals surface area contributed by atoms with Crippen LogP contribution in [0.15, 0.2) is 36.7 Å². The minimum Gasteiger partial charge on any atom is -0.508 e. The molecule has 0 bridgehead atoms. The van der Waals surface area contributed by atoms with Crippen molar-refractivity contribution in [3.63, 3.8) is 0 Å². The number of hydrogen-bond acceptors (Lipinski definition) is 3. The van der Waals surface area contributed by atoms with Crippen molar-refractivity contribution < 1.29 is 5.11 Å². The van der Waals surface area contributed by atoms with Gasteiger partial charge in [-0.1, -0.05) is 18.2 Å². The summed E-state index contributed by atoms with van der Waals surface area (Å²) in [5, 5.41) is 12.8. The third kappa shape index (κ3) is 2.41. The second kappa shape index (κ2) is 4.81. The number of nitrogens with zero attached hydrogens (tertiary/aromatic N) is 2. The van der Waals surface area contributed by atoms with Crippen molar-refractivity contribution in [2.24, 2.45) is 7.05 Å². The summed E-state index contributed by atoms with van der Waals surface area (Å²) in [7, 11) is 1.96. The van der Waals surface area contributed by atoms with Gasteiger partial charge in [-0.2, -0.15) is 0 Å². The van der Waals surface area contributed by atoms with Crippen LogP contribution in [0.1, 0.15) is 11.4 Å². The van der Waals surface area contributed by atoms with Crippen LogP contribution in [0.25, 0.3) is 0 Å². The van der Waals surface area contributed by atoms with E-state index in [4.69, 9.17) is 0 Å². The standard InChI is InChI=1S/C12H15N3O/c1-15-7-6-14-12(15)9-13-8-10-4-2-3-5-11(10)16/h2-7,13,16H,8-9H2,1H3. The Kier molecular flexibility index (Phi) is 3.22. The molecule has 0 aliphatic rings. The van der Waals surface area contributed by atoms with E-state index in [0.717, 1.165) is 11.4 Å². The van der Waals surface area contributed by atoms with Gasteiger partial charge >= 0.3 is 0 Å². The van der Waals surface area contributed by atoms with Gasteiger partial charge in [0.25, 0.3) is 0 Å². The molecule has 0 saturated carbocycles. The van der Waals surface area contributed by atoms with Crippen LogP contribution >= 0.6 is 0 Å². The van der Waals surface area contributed by atoms with Crippen LogP contribution in [0.4, 0.5) is 0 Å². The SMILES string of the molecule is Cn1ccnc1CNCc1ccccc1O. The Hall–Kier alpha value is -1.81. The number of nitrogens with one attached hydrogen (secondary N) is 1. The smallest absolute Gasteiger partial charge is 0.122 e. The number of para-hydroxylation sites is 1. The molecule has 2 N–H and O–H groups in total. The fraction of sp³-hybridized carbons (Fsp3) is 0.250. The highest BCUT2D eigenvalue weighted by Crippen LogP contribution is 2.14. The van der Waals surface area contributed by atoms with E-state index in [-0.39, 0.29) is 0 Å². The average Bonchev–Trinajstić information content (AvgIpc) is 2.67. The quantitative estimate of drug-likeness (QED) is 0.814. The van der Waals surface area contributed by atoms with Crippen molar-refractivity contribution in [3.05, 3.63) is 48.0 Å². The van der Waals surface area contributed by atoms with E-state index in [9.17, 15) is 5.11 Å². The summed E-state index contributed by atoms with van der Waals surface area (Å²) in [6.07, 6.45) is 3.69. The second-order valence-electron chi connectivity index (χ2n) is 3.69. The fourth-order valence-electron chi connectivity index (χ4n) is 1.54. The third-order valence-electron chi connectivity index (χ3n) is 2.51. The van der Waals surface area contributed by atoms with E-state index in [1.165, 1.54) is 0 Å². The molecule has 0 atom stereocenters. The number of aromatic nitrogens is 2. The maximum atomic E-state index is 9.56. The van der Waals surface area contributed by atoms with Gasteiger partial charge < -0.3 is 15.0 Å². The minimum atomic E-state index is 0.329. The molecule has 84 valence electrons. The molecular weight excluding hydrogens is 202 g/mol. The number of phenolic OH excluding ortho intramolecular Hbond substituents is 1. The van der Waals surface area contributed by atoms with Gasteiger partial charge in [-0.3, -0.25) is 0 Å². The Morgan fingerprint density at radius 3 is 2.81 bits per heavy atom. The summed E-state index contributed by atoms with van der Waals surface area (Å²) in [5.74, 6) is 1.31. The maximum Gasteiger partial charge on any atom is 0.122 e. The topological polar surface area (TPSA) is 50.1 Å². The van der Waals surface area contributed by atoms with Crippen LogP contribution in [-0.2, 0) is 20.1 Å². The van der Waals surface area contributed by atoms with Crippen LogP contribution in [0, 0.1) is 0 Å². The van der Waals surface area contributed by atoms with Crippen LogP contribution < -0.4 is 5.32 Å². The zero-order valence-electron chi connectivity index (χ0n) is 9.22. The minimum absolute atomic E-state index is 0.329. The van der Waals surface area contributed by atoms with Crippen molar-refractivity contribution in [2.45, 2.75) is 13.1 Å². The Balaban J connectivity index is 1.89. The van der Waals surface area contributed by atoms with Gasteiger partial charge in [-0.15, -0.1) is 0 Å². The average molecular weight is 217 g/mol. The number of benzene rings is 1. The molecule has 2 aromatic rings. The first-order valence-corrected chi connectivity index (χ1v) is 5.21. The molecule has 0 aliphatic heterocycles. The van der Waals surface area contributed by atoms with Crippen molar-refractivity contribution >= 4 is 0 Å². The molecule has 1 aromatic carbocycles. The maximum absolute atomic E-state index is 9.56. The lowest BCUT2D eigenvalue weighted by molar-refractivity contribution is 0.463. The molecule has 16 heavy (non-hydrogen) atoms. The molecule has 0 radical (unpaired) electrons. The van der Waals surface area contributed by atoms with Gasteiger partial charge in [0.1, 0.15) is 11.6 Å². The van der Waals surface area contributed by atoms with E-state index in [1.807, 2.05) is 36.0 Å². The first-order chi connectivity index (χ1) is 7.77. The predicted octanol–water partition coefficient (Wildman–Crippen LogP) is 1.42. The van der Waals surface area contributed by atoms with E-state index in [1.54, 1.807) is 12.3 Å². The van der Waals surface area contributed by atoms with Crippen molar-refractivity contribution in [2.75, 3.05) is 0 Å². The number of aryl methyl sites for hydroxylation is 1. The van der Waals surface area contributed by atoms with Crippen molar-refractivity contribution in [3.8, 4) is 5.75 Å². The summed E-state index contributed by atoms with van der Waals surface area (Å²) < 4.78 is 1.97. The third-order valence-corrected chi connectivity index (χ3v) is 2.51. The molecule has 0 aliphatic carbocycles. The zero-order valence-corrected chi connectivity index (χ0v) is 9.22. The highest BCUT2D eigenvalue weighted by Gasteiger charge is 2.01. The molecule has 0 unspecified atom stereocenters. The summed E-state index contributed by atoms with van der Waals surface area (Å²) >= 11 is 0. The zero-order chi connectivity index (χ0) is 11.4. The van der Waals surface area contributed by atoms with Crippen molar-refractivity contribution in [1.82, 2.24) is 14.9 Å². The predicted molar refractivity (Wildman–Crippen MR) is 61.9 cm³/mol. The Bertz CT molecular complexity index is 465. The highest BCUT2D eigenvalue weighted by molar-refractivity contribution is 5.31. The molecule has 0 saturated heterocycles. The van der Waals surface area contributed by atoms with E-state index < -0.39 is 0 Å². The highest BCUT2D eigenvalue weighted by atomic mass is 16.3. The normalized spacial score (nSPS) is 10.6. The molecule has 4 nitrogen and oxygen atoms in total. The summed E-state index contributed by atoms with van der Waals surface area (Å²) in [4.78, 5) is 4.21. The Morgan fingerprint density at radius 1 is 1.31 bits per heavy atom. The molecule has 4 heteroatoms. The molecule has 0 amide bonds. The number of hydrogen-bond donors (Lipinski definition) is 2. The second-order valence-corrected chi connectivity index (χ2v) is 3.69. The van der Waals surface area contributed by atoms with Crippen LogP contribution in [0.2, 0.25) is 0 Å². The van der Waals surface area contributed by atoms with Crippen LogP contribution in [0.3, 0.4) is 0 Å². The molecule has 0 spiro atoms. The number of imidazole rings is 1. The Labute approximate surface area is 94.6 Å². The number of rotatable bonds is 4. The number of phenols is 1. The van der Waals surface area contributed by atoms with Crippen LogP contribution in [0.5, 0.6) is 5.75 Å². The lowest BCUT2D eigenvalue weighted by Crippen LogP contribution is -2.15. The van der Waals surface area contributed by atoms with Crippen molar-refractivity contribution in [1.29, 1.82) is 0 Å². The van der Waals surface area contributed by atoms with Gasteiger partial charge in [-0.25, -0.2) is 4.98 Å². The fourth-order valence-corrected chi connectivity index (χ4v) is 1.54. The summed E-state index contributed by atoms with van der Waals surface area (Å²) in [6.45, 7) is 1.33. The molecular formula is C12H15N3O. The first kappa shape index (κ1) is 10.7. The van der Waals surface area contributed by atoms with E-state index >= 15 is 0 Å². The molecule has 1 heterocycles. The van der Waals surface area contributed by atoms with E-state index in [2.05, 4.69) is 10.3 Å². The van der Waals surface area contributed by atoms with E-state index in [0.29, 0.717) is 18.8 Å². The first-order valence-electron chi connectivity index (χ1n) is 5.21. The largest absolute Gasteiger partial charge is 0.508 e. The molecule has 1 aromatic heterocycles. The van der Waals surface area contributed by atoms with Gasteiger partial charge in [0, 0.05) is 31.5 Å². The van der Waals surface area contributed by atoms with Gasteiger partial charge in [0.2, 0.25) is 0 Å². The van der Waals surface area contributed by atoms with Gasteiger partial charge in [0.05, 0.1) is 6.54 Å². The monoisotopic (exact) mass is 217 g/mol. The lowest BCUT2D eigenvalue weighted by atomic mass is 10.2.